The van der Waals surface area contributed by atoms with E-state index >= 15 is 0 Å². The Labute approximate surface area is 251 Å². The summed E-state index contributed by atoms with van der Waals surface area (Å²) in [5, 5.41) is 15.1. The van der Waals surface area contributed by atoms with Crippen molar-refractivity contribution in [2.75, 3.05) is 11.4 Å². The van der Waals surface area contributed by atoms with Crippen molar-refractivity contribution in [2.24, 2.45) is 0 Å². The van der Waals surface area contributed by atoms with Gasteiger partial charge in [0.2, 0.25) is 12.0 Å². The highest BCUT2D eigenvalue weighted by atomic mass is 35.5. The van der Waals surface area contributed by atoms with E-state index in [2.05, 4.69) is 15.3 Å². The molecule has 0 bridgehead atoms. The number of rotatable bonds is 7. The number of aromatic nitrogens is 2. The Morgan fingerprint density at radius 3 is 2.29 bits per heavy atom. The zero-order valence-electron chi connectivity index (χ0n) is 22.1. The lowest BCUT2D eigenvalue weighted by atomic mass is 9.77. The molecule has 210 valence electrons. The van der Waals surface area contributed by atoms with Crippen molar-refractivity contribution in [3.05, 3.63) is 116 Å². The fourth-order valence-electron chi connectivity index (χ4n) is 5.13. The van der Waals surface area contributed by atoms with Crippen LogP contribution in [0.15, 0.2) is 72.8 Å². The van der Waals surface area contributed by atoms with Crippen molar-refractivity contribution in [1.82, 2.24) is 15.3 Å². The molecule has 4 aromatic rings. The summed E-state index contributed by atoms with van der Waals surface area (Å²) in [6.07, 6.45) is -1.63. The maximum Gasteiger partial charge on any atom is 0.347 e. The van der Waals surface area contributed by atoms with E-state index < -0.39 is 17.6 Å². The number of halogens is 3. The highest BCUT2D eigenvalue weighted by Crippen LogP contribution is 2.44. The number of ether oxygens (including phenoxy) is 1. The van der Waals surface area contributed by atoms with E-state index in [9.17, 15) is 14.7 Å². The first-order valence-corrected chi connectivity index (χ1v) is 13.8. The van der Waals surface area contributed by atoms with Crippen LogP contribution in [0.5, 0.6) is 6.01 Å². The molecule has 0 saturated heterocycles. The predicted molar refractivity (Wildman–Crippen MR) is 158 cm³/mol. The second-order valence-electron chi connectivity index (χ2n) is 9.64. The molecule has 2 atom stereocenters. The number of carbonyl (C=O) groups excluding carboxylic acids is 1. The van der Waals surface area contributed by atoms with Crippen LogP contribution in [-0.4, -0.2) is 39.6 Å². The van der Waals surface area contributed by atoms with Gasteiger partial charge < -0.3 is 14.7 Å². The minimum Gasteiger partial charge on any atom is -0.478 e. The molecular formula is C30H25Cl3N4O4. The Kier molecular flexibility index (Phi) is 8.20. The van der Waals surface area contributed by atoms with Crippen LogP contribution in [0.25, 0.3) is 0 Å². The number of amides is 1. The van der Waals surface area contributed by atoms with Gasteiger partial charge in [-0.15, -0.1) is 0 Å². The highest BCUT2D eigenvalue weighted by molar-refractivity contribution is 6.36. The Hall–Kier alpha value is -3.69. The van der Waals surface area contributed by atoms with Crippen molar-refractivity contribution in [3.8, 4) is 6.01 Å². The fraction of sp³-hybridized carbons (Fsp3) is 0.200. The van der Waals surface area contributed by atoms with Crippen molar-refractivity contribution >= 4 is 52.4 Å². The number of fused-ring (bicyclic) bond motifs is 1. The van der Waals surface area contributed by atoms with E-state index in [1.165, 1.54) is 4.90 Å². The maximum absolute atomic E-state index is 13.8. The summed E-state index contributed by atoms with van der Waals surface area (Å²) in [6.45, 7) is 3.32. The smallest absolute Gasteiger partial charge is 0.347 e. The van der Waals surface area contributed by atoms with Gasteiger partial charge in [0.05, 0.1) is 13.1 Å². The molecule has 41 heavy (non-hydrogen) atoms. The lowest BCUT2D eigenvalue weighted by Crippen LogP contribution is -2.58. The van der Waals surface area contributed by atoms with Gasteiger partial charge in [0, 0.05) is 43.3 Å². The molecule has 8 nitrogen and oxygen atoms in total. The molecule has 0 radical (unpaired) electrons. The van der Waals surface area contributed by atoms with Crippen molar-refractivity contribution in [1.29, 1.82) is 0 Å². The van der Waals surface area contributed by atoms with E-state index in [-0.39, 0.29) is 25.0 Å². The first-order chi connectivity index (χ1) is 19.6. The average molecular weight is 612 g/mol. The largest absolute Gasteiger partial charge is 0.478 e. The fourth-order valence-corrected chi connectivity index (χ4v) is 5.82. The predicted octanol–water partition coefficient (Wildman–Crippen LogP) is 5.97. The average Bonchev–Trinajstić information content (AvgIpc) is 3.04. The quantitative estimate of drug-likeness (QED) is 0.266. The number of carbonyl (C=O) groups is 2. The van der Waals surface area contributed by atoms with Gasteiger partial charge in [0.25, 0.3) is 0 Å². The lowest BCUT2D eigenvalue weighted by Gasteiger charge is -2.39. The molecule has 0 fully saturated rings. The molecule has 1 aromatic heterocycles. The summed E-state index contributed by atoms with van der Waals surface area (Å²) in [4.78, 5) is 37.1. The van der Waals surface area contributed by atoms with Crippen LogP contribution in [0.1, 0.15) is 28.1 Å². The molecular weight excluding hydrogens is 587 g/mol. The summed E-state index contributed by atoms with van der Waals surface area (Å²) in [6, 6.07) is 20.6. The number of hydrogen-bond acceptors (Lipinski definition) is 6. The Bertz CT molecular complexity index is 1600. The molecule has 5 rings (SSSR count). The second-order valence-corrected chi connectivity index (χ2v) is 10.9. The lowest BCUT2D eigenvalue weighted by molar-refractivity contribution is -0.149. The summed E-state index contributed by atoms with van der Waals surface area (Å²) in [5.74, 6) is -1.64. The van der Waals surface area contributed by atoms with E-state index in [1.807, 2.05) is 6.07 Å². The van der Waals surface area contributed by atoms with Crippen molar-refractivity contribution in [2.45, 2.75) is 32.0 Å². The zero-order chi connectivity index (χ0) is 29.3. The van der Waals surface area contributed by atoms with Gasteiger partial charge in [0.15, 0.2) is 0 Å². The number of aryl methyl sites for hydroxylation is 2. The number of carboxylic acid groups (broad SMARTS) is 1. The minimum absolute atomic E-state index is 0.0390. The van der Waals surface area contributed by atoms with Crippen LogP contribution in [0.2, 0.25) is 15.1 Å². The van der Waals surface area contributed by atoms with E-state index in [1.54, 1.807) is 80.6 Å². The SMILES string of the molecule is Cc1cc(C)nc(OC(C(=O)O)C2(c3ccccc3)NCC(=O)N(Cc3c(Cl)cccc3Cl)c3ccc(Cl)cc32)n1. The third kappa shape index (κ3) is 5.61. The molecule has 2 N–H and O–H groups in total. The Morgan fingerprint density at radius 1 is 1.00 bits per heavy atom. The normalized spacial score (nSPS) is 17.5. The zero-order valence-corrected chi connectivity index (χ0v) is 24.3. The summed E-state index contributed by atoms with van der Waals surface area (Å²) >= 11 is 19.5. The molecule has 1 amide bonds. The summed E-state index contributed by atoms with van der Waals surface area (Å²) in [7, 11) is 0. The number of nitrogens with one attached hydrogen (secondary N) is 1. The van der Waals surface area contributed by atoms with Crippen LogP contribution in [0.4, 0.5) is 5.69 Å². The number of nitrogens with zero attached hydrogens (tertiary/aromatic N) is 3. The van der Waals surface area contributed by atoms with Crippen LogP contribution in [0, 0.1) is 13.8 Å². The summed E-state index contributed by atoms with van der Waals surface area (Å²) in [5.41, 5.74) is 1.52. The number of hydrogen-bond donors (Lipinski definition) is 2. The first kappa shape index (κ1) is 28.8. The second kappa shape index (κ2) is 11.7. The molecule has 1 aliphatic rings. The molecule has 1 aliphatic heterocycles. The molecule has 3 aromatic carbocycles. The molecule has 0 aliphatic carbocycles. The van der Waals surface area contributed by atoms with E-state index in [4.69, 9.17) is 39.5 Å². The van der Waals surface area contributed by atoms with Gasteiger partial charge in [-0.25, -0.2) is 14.8 Å². The standard InChI is InChI=1S/C30H25Cl3N4O4/c1-17-13-18(2)36-29(35-17)41-27(28(39)40)30(19-7-4-3-5-8-19)22-14-20(31)11-12-25(22)37(26(38)15-34-30)16-21-23(32)9-6-10-24(21)33/h3-14,27,34H,15-16H2,1-2H3,(H,39,40). The summed E-state index contributed by atoms with van der Waals surface area (Å²) < 4.78 is 6.11. The van der Waals surface area contributed by atoms with E-state index in [0.29, 0.717) is 48.8 Å². The molecule has 2 heterocycles. The van der Waals surface area contributed by atoms with Gasteiger partial charge in [0.1, 0.15) is 5.54 Å². The van der Waals surface area contributed by atoms with Gasteiger partial charge in [-0.2, -0.15) is 0 Å². The van der Waals surface area contributed by atoms with Crippen LogP contribution in [0.3, 0.4) is 0 Å². The third-order valence-electron chi connectivity index (χ3n) is 6.90. The highest BCUT2D eigenvalue weighted by Gasteiger charge is 2.52. The van der Waals surface area contributed by atoms with Gasteiger partial charge >= 0.3 is 12.0 Å². The van der Waals surface area contributed by atoms with E-state index in [0.717, 1.165) is 0 Å². The molecule has 0 spiro atoms. The number of carboxylic acids is 1. The van der Waals surface area contributed by atoms with Crippen LogP contribution in [-0.2, 0) is 21.7 Å². The molecule has 0 saturated carbocycles. The van der Waals surface area contributed by atoms with Crippen molar-refractivity contribution < 1.29 is 19.4 Å². The molecule has 2 unspecified atom stereocenters. The Morgan fingerprint density at radius 2 is 1.66 bits per heavy atom. The van der Waals surface area contributed by atoms with Crippen LogP contribution < -0.4 is 15.0 Å². The Balaban J connectivity index is 1.76. The van der Waals surface area contributed by atoms with Crippen molar-refractivity contribution in [3.63, 3.8) is 0 Å². The van der Waals surface area contributed by atoms with Gasteiger partial charge in [-0.1, -0.05) is 71.2 Å². The molecule has 11 heteroatoms. The minimum atomic E-state index is -1.63. The topological polar surface area (TPSA) is 105 Å². The first-order valence-electron chi connectivity index (χ1n) is 12.7. The van der Waals surface area contributed by atoms with Crippen LogP contribution >= 0.6 is 34.8 Å². The maximum atomic E-state index is 13.8. The van der Waals surface area contributed by atoms with Gasteiger partial charge in [-0.3, -0.25) is 10.1 Å². The number of anilines is 1. The number of aliphatic carboxylic acids is 1. The van der Waals surface area contributed by atoms with Gasteiger partial charge in [-0.05, 0) is 55.8 Å². The number of benzene rings is 3. The third-order valence-corrected chi connectivity index (χ3v) is 7.85. The monoisotopic (exact) mass is 610 g/mol.